The van der Waals surface area contributed by atoms with Crippen molar-refractivity contribution in [3.63, 3.8) is 0 Å². The number of halogens is 2. The van der Waals surface area contributed by atoms with Crippen LogP contribution in [0.15, 0.2) is 18.3 Å². The highest BCUT2D eigenvalue weighted by atomic mass is 19.3. The molecule has 6 heteroatoms. The van der Waals surface area contributed by atoms with E-state index in [1.54, 1.807) is 12.3 Å². The Labute approximate surface area is 106 Å². The van der Waals surface area contributed by atoms with E-state index in [9.17, 15) is 8.78 Å². The van der Waals surface area contributed by atoms with Crippen molar-refractivity contribution in [2.45, 2.75) is 26.5 Å². The molecule has 2 heterocycles. The van der Waals surface area contributed by atoms with Crippen LogP contribution in [0.2, 0.25) is 0 Å². The number of ether oxygens (including phenoxy) is 1. The van der Waals surface area contributed by atoms with Crippen molar-refractivity contribution in [2.75, 3.05) is 25.0 Å². The van der Waals surface area contributed by atoms with Crippen LogP contribution in [0, 0.1) is 0 Å². The van der Waals surface area contributed by atoms with Gasteiger partial charge in [0.05, 0.1) is 11.9 Å². The van der Waals surface area contributed by atoms with E-state index in [2.05, 4.69) is 19.9 Å². The van der Waals surface area contributed by atoms with E-state index in [-0.39, 0.29) is 5.88 Å². The van der Waals surface area contributed by atoms with E-state index in [1.165, 1.54) is 6.07 Å². The molecule has 0 spiro atoms. The molecule has 4 nitrogen and oxygen atoms in total. The molecule has 2 rings (SSSR count). The van der Waals surface area contributed by atoms with Gasteiger partial charge in [0.1, 0.15) is 0 Å². The Balaban J connectivity index is 0.000000771. The van der Waals surface area contributed by atoms with E-state index >= 15 is 0 Å². The Kier molecular flexibility index (Phi) is 5.77. The monoisotopic (exact) mass is 259 g/mol. The van der Waals surface area contributed by atoms with Crippen molar-refractivity contribution in [1.82, 2.24) is 10.3 Å². The van der Waals surface area contributed by atoms with E-state index in [0.717, 1.165) is 18.8 Å². The third kappa shape index (κ3) is 3.80. The number of anilines is 1. The van der Waals surface area contributed by atoms with Crippen LogP contribution in [-0.2, 0) is 0 Å². The van der Waals surface area contributed by atoms with E-state index in [1.807, 2.05) is 20.9 Å². The number of likely N-dealkylation sites (N-methyl/N-ethyl adjacent to an activating group) is 1. The minimum atomic E-state index is -2.82. The summed E-state index contributed by atoms with van der Waals surface area (Å²) in [6, 6.07) is 3.68. The van der Waals surface area contributed by atoms with Gasteiger partial charge in [-0.1, -0.05) is 13.8 Å². The SMILES string of the molecule is CC.CNC1CN(c2ccc(OC(F)F)nc2)C1. The third-order valence-corrected chi connectivity index (χ3v) is 2.59. The molecule has 0 unspecified atom stereocenters. The summed E-state index contributed by atoms with van der Waals surface area (Å²) in [4.78, 5) is 5.92. The molecular weight excluding hydrogens is 240 g/mol. The highest BCUT2D eigenvalue weighted by Crippen LogP contribution is 2.22. The summed E-state index contributed by atoms with van der Waals surface area (Å²) in [7, 11) is 1.92. The highest BCUT2D eigenvalue weighted by Gasteiger charge is 2.25. The second-order valence-corrected chi connectivity index (χ2v) is 3.62. The van der Waals surface area contributed by atoms with E-state index < -0.39 is 6.61 Å². The van der Waals surface area contributed by atoms with Crippen molar-refractivity contribution >= 4 is 5.69 Å². The van der Waals surface area contributed by atoms with Crippen LogP contribution < -0.4 is 15.0 Å². The number of nitrogens with one attached hydrogen (secondary N) is 1. The normalized spacial score (nSPS) is 14.9. The maximum Gasteiger partial charge on any atom is 0.388 e. The van der Waals surface area contributed by atoms with Crippen LogP contribution in [0.3, 0.4) is 0 Å². The molecule has 1 aliphatic rings. The molecule has 0 amide bonds. The topological polar surface area (TPSA) is 37.4 Å². The van der Waals surface area contributed by atoms with Gasteiger partial charge in [-0.15, -0.1) is 0 Å². The first-order chi connectivity index (χ1) is 8.69. The highest BCUT2D eigenvalue weighted by molar-refractivity contribution is 5.48. The number of alkyl halides is 2. The molecule has 18 heavy (non-hydrogen) atoms. The molecular formula is C12H19F2N3O. The smallest absolute Gasteiger partial charge is 0.388 e. The number of rotatable bonds is 4. The molecule has 0 radical (unpaired) electrons. The van der Waals surface area contributed by atoms with E-state index in [0.29, 0.717) is 6.04 Å². The van der Waals surface area contributed by atoms with Gasteiger partial charge in [0.25, 0.3) is 0 Å². The summed E-state index contributed by atoms with van der Waals surface area (Å²) in [5.41, 5.74) is 0.924. The molecule has 0 saturated carbocycles. The summed E-state index contributed by atoms with van der Waals surface area (Å²) in [6.45, 7) is 3.00. The molecule has 1 aromatic heterocycles. The zero-order chi connectivity index (χ0) is 13.5. The van der Waals surface area contributed by atoms with Gasteiger partial charge in [-0.3, -0.25) is 0 Å². The number of hydrogen-bond acceptors (Lipinski definition) is 4. The molecule has 1 fully saturated rings. The zero-order valence-corrected chi connectivity index (χ0v) is 10.9. The maximum atomic E-state index is 11.9. The molecule has 1 aromatic rings. The van der Waals surface area contributed by atoms with Crippen molar-refractivity contribution in [3.8, 4) is 5.88 Å². The largest absolute Gasteiger partial charge is 0.417 e. The lowest BCUT2D eigenvalue weighted by atomic mass is 10.1. The van der Waals surface area contributed by atoms with E-state index in [4.69, 9.17) is 0 Å². The summed E-state index contributed by atoms with van der Waals surface area (Å²) in [6.07, 6.45) is 1.55. The quantitative estimate of drug-likeness (QED) is 0.898. The summed E-state index contributed by atoms with van der Waals surface area (Å²) >= 11 is 0. The van der Waals surface area contributed by atoms with Gasteiger partial charge in [0.15, 0.2) is 0 Å². The van der Waals surface area contributed by atoms with Crippen LogP contribution >= 0.6 is 0 Å². The van der Waals surface area contributed by atoms with Crippen molar-refractivity contribution in [2.24, 2.45) is 0 Å². The van der Waals surface area contributed by atoms with Gasteiger partial charge in [-0.05, 0) is 13.1 Å². The minimum absolute atomic E-state index is 0.0514. The first-order valence-electron chi connectivity index (χ1n) is 6.02. The minimum Gasteiger partial charge on any atom is -0.417 e. The standard InChI is InChI=1S/C10H13F2N3O.C2H6/c1-13-7-5-15(6-7)8-2-3-9(14-4-8)16-10(11)12;1-2/h2-4,7,10,13H,5-6H2,1H3;1-2H3. The van der Waals surface area contributed by atoms with Crippen molar-refractivity contribution < 1.29 is 13.5 Å². The summed E-state index contributed by atoms with van der Waals surface area (Å²) < 4.78 is 27.9. The van der Waals surface area contributed by atoms with Gasteiger partial charge >= 0.3 is 6.61 Å². The van der Waals surface area contributed by atoms with Crippen LogP contribution in [-0.4, -0.2) is 37.8 Å². The van der Waals surface area contributed by atoms with Crippen LogP contribution in [0.4, 0.5) is 14.5 Å². The number of hydrogen-bond donors (Lipinski definition) is 1. The van der Waals surface area contributed by atoms with Crippen LogP contribution in [0.1, 0.15) is 13.8 Å². The number of nitrogens with zero attached hydrogens (tertiary/aromatic N) is 2. The predicted octanol–water partition coefficient (Wildman–Crippen LogP) is 2.12. The number of pyridine rings is 1. The second kappa shape index (κ2) is 7.10. The maximum absolute atomic E-state index is 11.9. The van der Waals surface area contributed by atoms with Gasteiger partial charge in [-0.25, -0.2) is 4.98 Å². The Bertz CT molecular complexity index is 340. The van der Waals surface area contributed by atoms with Crippen molar-refractivity contribution in [3.05, 3.63) is 18.3 Å². The molecule has 1 saturated heterocycles. The molecule has 102 valence electrons. The Morgan fingerprint density at radius 2 is 2.06 bits per heavy atom. The molecule has 0 aromatic carbocycles. The van der Waals surface area contributed by atoms with Gasteiger partial charge in [-0.2, -0.15) is 8.78 Å². The fourth-order valence-corrected chi connectivity index (χ4v) is 1.59. The van der Waals surface area contributed by atoms with Crippen LogP contribution in [0.5, 0.6) is 5.88 Å². The molecule has 0 bridgehead atoms. The molecule has 1 N–H and O–H groups in total. The van der Waals surface area contributed by atoms with Crippen molar-refractivity contribution in [1.29, 1.82) is 0 Å². The number of aromatic nitrogens is 1. The first kappa shape index (κ1) is 14.6. The lowest BCUT2D eigenvalue weighted by Crippen LogP contribution is -2.57. The second-order valence-electron chi connectivity index (χ2n) is 3.62. The van der Waals surface area contributed by atoms with Gasteiger partial charge < -0.3 is 15.0 Å². The first-order valence-corrected chi connectivity index (χ1v) is 6.02. The fraction of sp³-hybridized carbons (Fsp3) is 0.583. The van der Waals surface area contributed by atoms with Crippen LogP contribution in [0.25, 0.3) is 0 Å². The lowest BCUT2D eigenvalue weighted by molar-refractivity contribution is -0.0528. The summed E-state index contributed by atoms with van der Waals surface area (Å²) in [5, 5.41) is 3.15. The molecule has 0 aliphatic carbocycles. The Hall–Kier alpha value is -1.43. The van der Waals surface area contributed by atoms with Gasteiger partial charge in [0.2, 0.25) is 5.88 Å². The van der Waals surface area contributed by atoms with Gasteiger partial charge in [0, 0.05) is 25.2 Å². The average molecular weight is 259 g/mol. The Morgan fingerprint density at radius 1 is 1.39 bits per heavy atom. The zero-order valence-electron chi connectivity index (χ0n) is 10.9. The lowest BCUT2D eigenvalue weighted by Gasteiger charge is -2.40. The summed E-state index contributed by atoms with van der Waals surface area (Å²) in [5.74, 6) is -0.0514. The third-order valence-electron chi connectivity index (χ3n) is 2.59. The fourth-order valence-electron chi connectivity index (χ4n) is 1.59. The Morgan fingerprint density at radius 3 is 2.50 bits per heavy atom. The average Bonchev–Trinajstić information content (AvgIpc) is 2.32. The molecule has 0 atom stereocenters. The molecule has 1 aliphatic heterocycles. The predicted molar refractivity (Wildman–Crippen MR) is 67.3 cm³/mol.